The summed E-state index contributed by atoms with van der Waals surface area (Å²) in [4.78, 5) is 12.1. The van der Waals surface area contributed by atoms with E-state index in [0.29, 0.717) is 13.2 Å². The molecule has 2 N–H and O–H groups in total. The first-order chi connectivity index (χ1) is 12.6. The molecule has 154 valence electrons. The zero-order valence-corrected chi connectivity index (χ0v) is 17.3. The summed E-state index contributed by atoms with van der Waals surface area (Å²) in [5.74, 6) is -0.256. The number of nitrogens with two attached hydrogens (primary N) is 1. The van der Waals surface area contributed by atoms with Gasteiger partial charge in [0.25, 0.3) is 0 Å². The maximum Gasteiger partial charge on any atom is 0.325 e. The van der Waals surface area contributed by atoms with Gasteiger partial charge in [-0.1, -0.05) is 50.1 Å². The van der Waals surface area contributed by atoms with Gasteiger partial charge in [-0.3, -0.25) is 4.79 Å². The van der Waals surface area contributed by atoms with Gasteiger partial charge < -0.3 is 19.9 Å². The highest BCUT2D eigenvalue weighted by atomic mass is 35.5. The molecule has 2 rings (SSSR count). The minimum atomic E-state index is -0.730. The summed E-state index contributed by atoms with van der Waals surface area (Å²) in [5.41, 5.74) is 7.12. The van der Waals surface area contributed by atoms with Gasteiger partial charge in [-0.25, -0.2) is 0 Å². The van der Waals surface area contributed by atoms with Gasteiger partial charge in [0.05, 0.1) is 19.3 Å². The lowest BCUT2D eigenvalue weighted by molar-refractivity contribution is -0.159. The topological polar surface area (TPSA) is 70.8 Å². The number of rotatable bonds is 8. The number of hydrogen-bond acceptors (Lipinski definition) is 5. The minimum absolute atomic E-state index is 0. The molecule has 5 nitrogen and oxygen atoms in total. The third kappa shape index (κ3) is 8.18. The van der Waals surface area contributed by atoms with Crippen LogP contribution in [-0.4, -0.2) is 44.0 Å². The van der Waals surface area contributed by atoms with E-state index >= 15 is 0 Å². The van der Waals surface area contributed by atoms with E-state index in [2.05, 4.69) is 31.2 Å². The molecular weight excluding hydrogens is 366 g/mol. The lowest BCUT2D eigenvalue weighted by atomic mass is 9.92. The van der Waals surface area contributed by atoms with Gasteiger partial charge >= 0.3 is 5.97 Å². The van der Waals surface area contributed by atoms with Crippen LogP contribution in [0.1, 0.15) is 45.1 Å². The highest BCUT2D eigenvalue weighted by Gasteiger charge is 2.33. The van der Waals surface area contributed by atoms with Crippen LogP contribution in [0.4, 0.5) is 0 Å². The molecule has 1 aliphatic heterocycles. The molecule has 4 atom stereocenters. The van der Waals surface area contributed by atoms with Crippen LogP contribution < -0.4 is 5.73 Å². The molecular formula is C21H34ClNO4. The Balaban J connectivity index is 0.00000364. The molecule has 0 radical (unpaired) electrons. The molecule has 1 aromatic carbocycles. The fourth-order valence-corrected chi connectivity index (χ4v) is 3.32. The third-order valence-electron chi connectivity index (χ3n) is 4.87. The van der Waals surface area contributed by atoms with Gasteiger partial charge in [0, 0.05) is 12.5 Å². The van der Waals surface area contributed by atoms with Crippen LogP contribution in [0.3, 0.4) is 0 Å². The number of cyclic esters (lactones) is 1. The largest absolute Gasteiger partial charge is 0.459 e. The molecule has 0 spiro atoms. The van der Waals surface area contributed by atoms with Crippen molar-refractivity contribution in [3.8, 4) is 0 Å². The van der Waals surface area contributed by atoms with Crippen LogP contribution in [-0.2, 0) is 25.4 Å². The number of unbranched alkanes of at least 4 members (excludes halogenated alkanes) is 2. The van der Waals surface area contributed by atoms with Crippen molar-refractivity contribution in [2.45, 2.75) is 64.2 Å². The van der Waals surface area contributed by atoms with Crippen molar-refractivity contribution in [2.75, 3.05) is 19.8 Å². The second-order valence-electron chi connectivity index (χ2n) is 7.11. The fraction of sp³-hybridized carbons (Fsp3) is 0.667. The van der Waals surface area contributed by atoms with Gasteiger partial charge in [0.1, 0.15) is 12.1 Å². The Labute approximate surface area is 169 Å². The maximum atomic E-state index is 12.1. The molecule has 1 heterocycles. The predicted octanol–water partition coefficient (Wildman–Crippen LogP) is 3.52. The molecule has 0 aliphatic carbocycles. The van der Waals surface area contributed by atoms with E-state index < -0.39 is 12.0 Å². The molecule has 0 unspecified atom stereocenters. The van der Waals surface area contributed by atoms with Crippen LogP contribution in [0.15, 0.2) is 30.3 Å². The SMILES string of the molecule is CCCCCO[C@@H]1[C@@H](CCc2ccccc2)COC[C@H](N)C(=O)O[C@H]1C.Cl. The van der Waals surface area contributed by atoms with Crippen LogP contribution in [0, 0.1) is 5.92 Å². The quantitative estimate of drug-likeness (QED) is 0.535. The van der Waals surface area contributed by atoms with Crippen LogP contribution >= 0.6 is 12.4 Å². The van der Waals surface area contributed by atoms with Crippen molar-refractivity contribution in [1.82, 2.24) is 0 Å². The van der Waals surface area contributed by atoms with Crippen molar-refractivity contribution in [3.05, 3.63) is 35.9 Å². The average Bonchev–Trinajstić information content (AvgIpc) is 2.69. The highest BCUT2D eigenvalue weighted by molar-refractivity contribution is 5.85. The number of carbonyl (C=O) groups is 1. The second-order valence-corrected chi connectivity index (χ2v) is 7.11. The molecule has 1 saturated heterocycles. The standard InChI is InChI=1S/C21H33NO4.ClH/c1-3-4-8-13-25-20-16(2)26-21(23)19(22)15-24-14-18(20)12-11-17-9-6-5-7-10-17;/h5-7,9-10,16,18-20H,3-4,8,11-15,22H2,1-2H3;1H/t16-,18-,19-,20-;/m0./s1. The first kappa shape index (κ1) is 23.9. The van der Waals surface area contributed by atoms with E-state index in [1.54, 1.807) is 0 Å². The Kier molecular flexibility index (Phi) is 11.6. The van der Waals surface area contributed by atoms with E-state index in [4.69, 9.17) is 19.9 Å². The monoisotopic (exact) mass is 399 g/mol. The fourth-order valence-electron chi connectivity index (χ4n) is 3.32. The summed E-state index contributed by atoms with van der Waals surface area (Å²) in [5, 5.41) is 0. The Hall–Kier alpha value is -1.14. The zero-order chi connectivity index (χ0) is 18.8. The van der Waals surface area contributed by atoms with Crippen molar-refractivity contribution >= 4 is 18.4 Å². The number of aryl methyl sites for hydroxylation is 1. The Morgan fingerprint density at radius 3 is 2.63 bits per heavy atom. The molecule has 0 saturated carbocycles. The molecule has 1 aromatic rings. The maximum absolute atomic E-state index is 12.1. The number of benzene rings is 1. The highest BCUT2D eigenvalue weighted by Crippen LogP contribution is 2.23. The van der Waals surface area contributed by atoms with Crippen LogP contribution in [0.2, 0.25) is 0 Å². The molecule has 0 bridgehead atoms. The minimum Gasteiger partial charge on any atom is -0.459 e. The van der Waals surface area contributed by atoms with E-state index in [1.807, 2.05) is 13.0 Å². The van der Waals surface area contributed by atoms with Gasteiger partial charge in [-0.2, -0.15) is 0 Å². The van der Waals surface area contributed by atoms with Crippen molar-refractivity contribution in [2.24, 2.45) is 11.7 Å². The Bertz CT molecular complexity index is 528. The molecule has 0 amide bonds. The van der Waals surface area contributed by atoms with E-state index in [1.165, 1.54) is 5.56 Å². The zero-order valence-electron chi connectivity index (χ0n) is 16.5. The molecule has 27 heavy (non-hydrogen) atoms. The number of esters is 1. The van der Waals surface area contributed by atoms with Crippen molar-refractivity contribution in [1.29, 1.82) is 0 Å². The molecule has 0 aromatic heterocycles. The van der Waals surface area contributed by atoms with Crippen molar-refractivity contribution < 1.29 is 19.0 Å². The number of ether oxygens (including phenoxy) is 3. The summed E-state index contributed by atoms with van der Waals surface area (Å²) in [7, 11) is 0. The van der Waals surface area contributed by atoms with Gasteiger partial charge in [0.2, 0.25) is 0 Å². The first-order valence-electron chi connectivity index (χ1n) is 9.81. The van der Waals surface area contributed by atoms with Crippen LogP contribution in [0.25, 0.3) is 0 Å². The lowest BCUT2D eigenvalue weighted by Crippen LogP contribution is -2.41. The van der Waals surface area contributed by atoms with Gasteiger partial charge in [-0.15, -0.1) is 12.4 Å². The van der Waals surface area contributed by atoms with Gasteiger partial charge in [-0.05, 0) is 31.7 Å². The van der Waals surface area contributed by atoms with E-state index in [0.717, 1.165) is 32.1 Å². The summed E-state index contributed by atoms with van der Waals surface area (Å²) >= 11 is 0. The Morgan fingerprint density at radius 1 is 1.19 bits per heavy atom. The molecule has 6 heteroatoms. The summed E-state index contributed by atoms with van der Waals surface area (Å²) in [6, 6.07) is 9.66. The number of carbonyl (C=O) groups excluding carboxylic acids is 1. The number of halogens is 1. The summed E-state index contributed by atoms with van der Waals surface area (Å²) in [6.07, 6.45) is 4.64. The third-order valence-corrected chi connectivity index (χ3v) is 4.87. The smallest absolute Gasteiger partial charge is 0.325 e. The second kappa shape index (κ2) is 13.1. The van der Waals surface area contributed by atoms with Gasteiger partial charge in [0.15, 0.2) is 0 Å². The first-order valence-corrected chi connectivity index (χ1v) is 9.81. The van der Waals surface area contributed by atoms with E-state index in [9.17, 15) is 4.79 Å². The van der Waals surface area contributed by atoms with Crippen molar-refractivity contribution in [3.63, 3.8) is 0 Å². The average molecular weight is 400 g/mol. The normalized spacial score (nSPS) is 26.3. The van der Waals surface area contributed by atoms with E-state index in [-0.39, 0.29) is 37.1 Å². The summed E-state index contributed by atoms with van der Waals surface area (Å²) < 4.78 is 17.5. The summed E-state index contributed by atoms with van der Waals surface area (Å²) in [6.45, 7) is 5.46. The Morgan fingerprint density at radius 2 is 1.93 bits per heavy atom. The lowest BCUT2D eigenvalue weighted by Gasteiger charge is -2.31. The molecule has 1 fully saturated rings. The number of hydrogen-bond donors (Lipinski definition) is 1. The molecule has 1 aliphatic rings. The predicted molar refractivity (Wildman–Crippen MR) is 109 cm³/mol. The van der Waals surface area contributed by atoms with Crippen LogP contribution in [0.5, 0.6) is 0 Å².